The van der Waals surface area contributed by atoms with Crippen LogP contribution in [0.3, 0.4) is 0 Å². The lowest BCUT2D eigenvalue weighted by molar-refractivity contribution is -0.139. The van der Waals surface area contributed by atoms with Crippen LogP contribution in [0.25, 0.3) is 0 Å². The lowest BCUT2D eigenvalue weighted by Gasteiger charge is -2.30. The molecule has 0 bridgehead atoms. The molecule has 1 heterocycles. The van der Waals surface area contributed by atoms with E-state index >= 15 is 0 Å². The molecule has 0 radical (unpaired) electrons. The second kappa shape index (κ2) is 10.6. The number of para-hydroxylation sites is 1. The maximum atomic E-state index is 12.8. The van der Waals surface area contributed by atoms with Gasteiger partial charge in [0, 0.05) is 11.3 Å². The van der Waals surface area contributed by atoms with Crippen molar-refractivity contribution < 1.29 is 23.8 Å². The van der Waals surface area contributed by atoms with Crippen molar-refractivity contribution in [2.75, 3.05) is 13.7 Å². The SMILES string of the molecule is CCOC(=O)C1=C(CC)NC(=O)NC1c1cccc(OC)c1OCc1ccc(Cl)c(Cl)c1. The van der Waals surface area contributed by atoms with Crippen LogP contribution < -0.4 is 20.1 Å². The summed E-state index contributed by atoms with van der Waals surface area (Å²) in [5, 5.41) is 6.37. The molecule has 0 aliphatic carbocycles. The third kappa shape index (κ3) is 5.11. The minimum Gasteiger partial charge on any atom is -0.493 e. The number of nitrogens with one attached hydrogen (secondary N) is 2. The highest BCUT2D eigenvalue weighted by atomic mass is 35.5. The Balaban J connectivity index is 2.04. The van der Waals surface area contributed by atoms with Crippen LogP contribution in [-0.2, 0) is 16.1 Å². The van der Waals surface area contributed by atoms with Crippen LogP contribution in [0.2, 0.25) is 10.0 Å². The first-order chi connectivity index (χ1) is 15.4. The minimum absolute atomic E-state index is 0.169. The van der Waals surface area contributed by atoms with Crippen LogP contribution in [0.4, 0.5) is 4.79 Å². The fourth-order valence-electron chi connectivity index (χ4n) is 3.44. The fourth-order valence-corrected chi connectivity index (χ4v) is 3.76. The van der Waals surface area contributed by atoms with E-state index in [-0.39, 0.29) is 13.2 Å². The molecule has 1 aliphatic heterocycles. The zero-order chi connectivity index (χ0) is 23.3. The molecule has 1 aliphatic rings. The van der Waals surface area contributed by atoms with Gasteiger partial charge in [-0.3, -0.25) is 0 Å². The summed E-state index contributed by atoms with van der Waals surface area (Å²) < 4.78 is 16.9. The predicted octanol–water partition coefficient (Wildman–Crippen LogP) is 5.16. The molecule has 0 aromatic heterocycles. The number of rotatable bonds is 8. The van der Waals surface area contributed by atoms with Crippen LogP contribution in [0.1, 0.15) is 37.4 Å². The minimum atomic E-state index is -0.781. The van der Waals surface area contributed by atoms with Crippen molar-refractivity contribution in [3.8, 4) is 11.5 Å². The number of allylic oxidation sites excluding steroid dienone is 1. The zero-order valence-corrected chi connectivity index (χ0v) is 19.5. The van der Waals surface area contributed by atoms with E-state index in [2.05, 4.69) is 10.6 Å². The molecule has 9 heteroatoms. The van der Waals surface area contributed by atoms with Crippen LogP contribution in [0.5, 0.6) is 11.5 Å². The number of carbonyl (C=O) groups is 2. The molecule has 0 fully saturated rings. The average molecular weight is 479 g/mol. The van der Waals surface area contributed by atoms with Crippen molar-refractivity contribution >= 4 is 35.2 Å². The largest absolute Gasteiger partial charge is 0.493 e. The molecular weight excluding hydrogens is 455 g/mol. The Morgan fingerprint density at radius 1 is 1.12 bits per heavy atom. The Morgan fingerprint density at radius 3 is 2.56 bits per heavy atom. The maximum Gasteiger partial charge on any atom is 0.338 e. The van der Waals surface area contributed by atoms with Gasteiger partial charge in [0.1, 0.15) is 6.61 Å². The van der Waals surface area contributed by atoms with Gasteiger partial charge in [0.15, 0.2) is 11.5 Å². The number of halogens is 2. The molecule has 32 heavy (non-hydrogen) atoms. The Labute approximate surface area is 196 Å². The van der Waals surface area contributed by atoms with Gasteiger partial charge in [-0.1, -0.05) is 48.3 Å². The van der Waals surface area contributed by atoms with Crippen molar-refractivity contribution in [2.24, 2.45) is 0 Å². The summed E-state index contributed by atoms with van der Waals surface area (Å²) in [5.74, 6) is 0.335. The second-order valence-corrected chi connectivity index (χ2v) is 7.73. The number of benzene rings is 2. The van der Waals surface area contributed by atoms with E-state index in [1.807, 2.05) is 6.92 Å². The number of urea groups is 1. The van der Waals surface area contributed by atoms with Gasteiger partial charge in [-0.25, -0.2) is 9.59 Å². The molecule has 3 rings (SSSR count). The highest BCUT2D eigenvalue weighted by Gasteiger charge is 2.35. The van der Waals surface area contributed by atoms with Gasteiger partial charge < -0.3 is 24.8 Å². The number of esters is 1. The molecule has 2 aromatic carbocycles. The third-order valence-corrected chi connectivity index (χ3v) is 5.65. The molecule has 170 valence electrons. The van der Waals surface area contributed by atoms with Crippen LogP contribution in [0, 0.1) is 0 Å². The van der Waals surface area contributed by atoms with E-state index < -0.39 is 18.0 Å². The monoisotopic (exact) mass is 478 g/mol. The Bertz CT molecular complexity index is 1050. The van der Waals surface area contributed by atoms with Crippen molar-refractivity contribution in [3.05, 3.63) is 68.8 Å². The predicted molar refractivity (Wildman–Crippen MR) is 122 cm³/mol. The summed E-state index contributed by atoms with van der Waals surface area (Å²) in [7, 11) is 1.52. The standard InChI is InChI=1S/C23H24Cl2N2O5/c1-4-17-19(22(28)31-5-2)20(27-23(29)26-17)14-7-6-8-18(30-3)21(14)32-12-13-9-10-15(24)16(25)11-13/h6-11,20H,4-5,12H2,1-3H3,(H2,26,27,29). The zero-order valence-electron chi connectivity index (χ0n) is 18.0. The highest BCUT2D eigenvalue weighted by molar-refractivity contribution is 6.42. The van der Waals surface area contributed by atoms with E-state index in [4.69, 9.17) is 37.4 Å². The van der Waals surface area contributed by atoms with E-state index in [1.54, 1.807) is 43.3 Å². The number of hydrogen-bond donors (Lipinski definition) is 2. The maximum absolute atomic E-state index is 12.8. The number of hydrogen-bond acceptors (Lipinski definition) is 5. The number of amides is 2. The van der Waals surface area contributed by atoms with Crippen LogP contribution in [-0.4, -0.2) is 25.7 Å². The number of ether oxygens (including phenoxy) is 3. The highest BCUT2D eigenvalue weighted by Crippen LogP contribution is 2.40. The van der Waals surface area contributed by atoms with Crippen molar-refractivity contribution in [1.29, 1.82) is 0 Å². The quantitative estimate of drug-likeness (QED) is 0.511. The fraction of sp³-hybridized carbons (Fsp3) is 0.304. The Kier molecular flexibility index (Phi) is 7.88. The molecular formula is C23H24Cl2N2O5. The molecule has 2 aromatic rings. The first kappa shape index (κ1) is 23.8. The van der Waals surface area contributed by atoms with Gasteiger partial charge in [-0.2, -0.15) is 0 Å². The molecule has 1 unspecified atom stereocenters. The van der Waals surface area contributed by atoms with Crippen molar-refractivity contribution in [2.45, 2.75) is 32.9 Å². The summed E-state index contributed by atoms with van der Waals surface area (Å²) >= 11 is 12.1. The molecule has 2 N–H and O–H groups in total. The topological polar surface area (TPSA) is 85.9 Å². The van der Waals surface area contributed by atoms with Crippen LogP contribution >= 0.6 is 23.2 Å². The summed E-state index contributed by atoms with van der Waals surface area (Å²) in [4.78, 5) is 25.2. The van der Waals surface area contributed by atoms with Gasteiger partial charge >= 0.3 is 12.0 Å². The van der Waals surface area contributed by atoms with Crippen LogP contribution in [0.15, 0.2) is 47.7 Å². The molecule has 0 saturated carbocycles. The number of methoxy groups -OCH3 is 1. The third-order valence-electron chi connectivity index (χ3n) is 4.91. The lowest BCUT2D eigenvalue weighted by atomic mass is 9.93. The van der Waals surface area contributed by atoms with Crippen molar-refractivity contribution in [1.82, 2.24) is 10.6 Å². The van der Waals surface area contributed by atoms with E-state index in [0.717, 1.165) is 5.56 Å². The van der Waals surface area contributed by atoms with E-state index in [0.29, 0.717) is 44.8 Å². The van der Waals surface area contributed by atoms with Gasteiger partial charge in [0.2, 0.25) is 0 Å². The molecule has 2 amide bonds. The smallest absolute Gasteiger partial charge is 0.338 e. The van der Waals surface area contributed by atoms with Gasteiger partial charge in [0.05, 0.1) is 35.4 Å². The lowest BCUT2D eigenvalue weighted by Crippen LogP contribution is -2.46. The first-order valence-corrected chi connectivity index (χ1v) is 10.9. The van der Waals surface area contributed by atoms with Crippen molar-refractivity contribution in [3.63, 3.8) is 0 Å². The Morgan fingerprint density at radius 2 is 1.91 bits per heavy atom. The average Bonchev–Trinajstić information content (AvgIpc) is 2.79. The van der Waals surface area contributed by atoms with Gasteiger partial charge in [0.25, 0.3) is 0 Å². The normalized spacial score (nSPS) is 15.7. The number of carbonyl (C=O) groups excluding carboxylic acids is 2. The summed E-state index contributed by atoms with van der Waals surface area (Å²) in [6.07, 6.45) is 0.446. The second-order valence-electron chi connectivity index (χ2n) is 6.91. The summed E-state index contributed by atoms with van der Waals surface area (Å²) in [6, 6.07) is 9.28. The summed E-state index contributed by atoms with van der Waals surface area (Å²) in [5.41, 5.74) is 2.17. The van der Waals surface area contributed by atoms with E-state index in [9.17, 15) is 9.59 Å². The van der Waals surface area contributed by atoms with E-state index in [1.165, 1.54) is 7.11 Å². The van der Waals surface area contributed by atoms with Gasteiger partial charge in [-0.15, -0.1) is 0 Å². The first-order valence-electron chi connectivity index (χ1n) is 10.1. The Hall–Kier alpha value is -2.90. The molecule has 1 atom stereocenters. The van der Waals surface area contributed by atoms with Gasteiger partial charge in [-0.05, 0) is 37.1 Å². The molecule has 0 spiro atoms. The molecule has 7 nitrogen and oxygen atoms in total. The molecule has 0 saturated heterocycles. The summed E-state index contributed by atoms with van der Waals surface area (Å²) in [6.45, 7) is 3.96.